The molecule has 20 heavy (non-hydrogen) atoms. The van der Waals surface area contributed by atoms with Crippen molar-refractivity contribution in [2.45, 2.75) is 25.2 Å². The number of nitrogens with zero attached hydrogens (tertiary/aromatic N) is 1. The molecule has 0 N–H and O–H groups in total. The van der Waals surface area contributed by atoms with E-state index in [9.17, 15) is 4.79 Å². The third-order valence-electron chi connectivity index (χ3n) is 3.88. The molecule has 0 fully saturated rings. The molecule has 1 unspecified atom stereocenters. The van der Waals surface area contributed by atoms with Crippen LogP contribution in [0.15, 0.2) is 42.6 Å². The lowest BCUT2D eigenvalue weighted by atomic mass is 9.82. The number of aromatic nitrogens is 1. The van der Waals surface area contributed by atoms with Gasteiger partial charge in [0.25, 0.3) is 0 Å². The van der Waals surface area contributed by atoms with E-state index in [1.165, 1.54) is 5.56 Å². The van der Waals surface area contributed by atoms with Crippen LogP contribution in [-0.2, 0) is 6.42 Å². The minimum atomic E-state index is -0.142. The number of carbonyl (C=O) groups excluding carboxylic acids is 1. The number of pyridine rings is 1. The van der Waals surface area contributed by atoms with Crippen molar-refractivity contribution < 1.29 is 9.53 Å². The molecule has 3 nitrogen and oxygen atoms in total. The van der Waals surface area contributed by atoms with E-state index < -0.39 is 0 Å². The fourth-order valence-corrected chi connectivity index (χ4v) is 2.90. The van der Waals surface area contributed by atoms with Crippen LogP contribution in [0.2, 0.25) is 0 Å². The Morgan fingerprint density at radius 3 is 2.95 bits per heavy atom. The van der Waals surface area contributed by atoms with Crippen molar-refractivity contribution in [2.75, 3.05) is 7.11 Å². The van der Waals surface area contributed by atoms with Crippen LogP contribution in [-0.4, -0.2) is 17.9 Å². The maximum Gasteiger partial charge on any atom is 0.175 e. The SMILES string of the molecule is COc1ccccc1C(=O)C1CCCc2cccnc21. The van der Waals surface area contributed by atoms with Gasteiger partial charge in [-0.1, -0.05) is 18.2 Å². The third-order valence-corrected chi connectivity index (χ3v) is 3.88. The van der Waals surface area contributed by atoms with Crippen LogP contribution in [0.25, 0.3) is 0 Å². The monoisotopic (exact) mass is 267 g/mol. The molecule has 1 heterocycles. The number of aryl methyl sites for hydroxylation is 1. The van der Waals surface area contributed by atoms with Crippen molar-refractivity contribution in [2.24, 2.45) is 0 Å². The number of ketones is 1. The van der Waals surface area contributed by atoms with Gasteiger partial charge in [0.2, 0.25) is 0 Å². The normalized spacial score (nSPS) is 17.4. The number of hydrogen-bond acceptors (Lipinski definition) is 3. The van der Waals surface area contributed by atoms with E-state index in [0.29, 0.717) is 11.3 Å². The van der Waals surface area contributed by atoms with Gasteiger partial charge in [-0.2, -0.15) is 0 Å². The molecule has 2 aromatic rings. The lowest BCUT2D eigenvalue weighted by Crippen LogP contribution is -2.20. The Kier molecular flexibility index (Phi) is 3.50. The second-order valence-electron chi connectivity index (χ2n) is 5.06. The number of methoxy groups -OCH3 is 1. The minimum Gasteiger partial charge on any atom is -0.496 e. The number of fused-ring (bicyclic) bond motifs is 1. The second-order valence-corrected chi connectivity index (χ2v) is 5.06. The maximum atomic E-state index is 12.8. The van der Waals surface area contributed by atoms with Crippen molar-refractivity contribution in [1.82, 2.24) is 4.98 Å². The van der Waals surface area contributed by atoms with Crippen molar-refractivity contribution >= 4 is 5.78 Å². The first-order chi connectivity index (χ1) is 9.81. The number of Topliss-reactive ketones (excluding diaryl/α,β-unsaturated/α-hetero) is 1. The van der Waals surface area contributed by atoms with Crippen LogP contribution in [0.5, 0.6) is 5.75 Å². The predicted octanol–water partition coefficient (Wildman–Crippen LogP) is 3.39. The van der Waals surface area contributed by atoms with Crippen LogP contribution < -0.4 is 4.74 Å². The molecule has 1 atom stereocenters. The van der Waals surface area contributed by atoms with Crippen LogP contribution in [0.3, 0.4) is 0 Å². The highest BCUT2D eigenvalue weighted by molar-refractivity contribution is 6.03. The van der Waals surface area contributed by atoms with E-state index in [1.54, 1.807) is 13.3 Å². The van der Waals surface area contributed by atoms with Gasteiger partial charge in [0.1, 0.15) is 5.75 Å². The summed E-state index contributed by atoms with van der Waals surface area (Å²) in [6.07, 6.45) is 4.68. The van der Waals surface area contributed by atoms with Crippen molar-refractivity contribution in [3.63, 3.8) is 0 Å². The number of hydrogen-bond donors (Lipinski definition) is 0. The summed E-state index contributed by atoms with van der Waals surface area (Å²) in [6.45, 7) is 0. The zero-order valence-corrected chi connectivity index (χ0v) is 11.5. The fraction of sp³-hybridized carbons (Fsp3) is 0.294. The molecule has 0 bridgehead atoms. The summed E-state index contributed by atoms with van der Waals surface area (Å²) in [4.78, 5) is 17.3. The van der Waals surface area contributed by atoms with E-state index in [0.717, 1.165) is 25.0 Å². The van der Waals surface area contributed by atoms with Crippen LogP contribution in [0.1, 0.15) is 40.4 Å². The van der Waals surface area contributed by atoms with Crippen LogP contribution in [0.4, 0.5) is 0 Å². The lowest BCUT2D eigenvalue weighted by Gasteiger charge is -2.23. The molecule has 0 amide bonds. The summed E-state index contributed by atoms with van der Waals surface area (Å²) in [5.41, 5.74) is 2.79. The third kappa shape index (κ3) is 2.20. The lowest BCUT2D eigenvalue weighted by molar-refractivity contribution is 0.0946. The summed E-state index contributed by atoms with van der Waals surface area (Å²) in [6, 6.07) is 11.4. The molecule has 0 radical (unpaired) electrons. The standard InChI is InChI=1S/C17H17NO2/c1-20-15-10-3-2-8-13(15)17(19)14-9-4-6-12-7-5-11-18-16(12)14/h2-3,5,7-8,10-11,14H,4,6,9H2,1H3. The number of benzene rings is 1. The number of rotatable bonds is 3. The first-order valence-corrected chi connectivity index (χ1v) is 6.92. The molecule has 1 aliphatic rings. The maximum absolute atomic E-state index is 12.8. The molecule has 1 aromatic carbocycles. The predicted molar refractivity (Wildman–Crippen MR) is 77.2 cm³/mol. The summed E-state index contributed by atoms with van der Waals surface area (Å²) < 4.78 is 5.30. The Balaban J connectivity index is 2.00. The molecule has 3 heteroatoms. The second kappa shape index (κ2) is 5.45. The number of para-hydroxylation sites is 1. The van der Waals surface area contributed by atoms with E-state index in [1.807, 2.05) is 30.3 Å². The van der Waals surface area contributed by atoms with E-state index in [4.69, 9.17) is 4.74 Å². The highest BCUT2D eigenvalue weighted by Gasteiger charge is 2.29. The van der Waals surface area contributed by atoms with Gasteiger partial charge < -0.3 is 4.74 Å². The van der Waals surface area contributed by atoms with E-state index >= 15 is 0 Å². The Morgan fingerprint density at radius 2 is 2.10 bits per heavy atom. The van der Waals surface area contributed by atoms with Gasteiger partial charge in [0.05, 0.1) is 24.3 Å². The topological polar surface area (TPSA) is 39.2 Å². The quantitative estimate of drug-likeness (QED) is 0.800. The molecular weight excluding hydrogens is 250 g/mol. The summed E-state index contributed by atoms with van der Waals surface area (Å²) in [5.74, 6) is 0.610. The highest BCUT2D eigenvalue weighted by atomic mass is 16.5. The molecule has 102 valence electrons. The molecule has 1 aliphatic carbocycles. The molecule has 0 aliphatic heterocycles. The zero-order valence-electron chi connectivity index (χ0n) is 11.5. The van der Waals surface area contributed by atoms with E-state index in [-0.39, 0.29) is 11.7 Å². The smallest absolute Gasteiger partial charge is 0.175 e. The average Bonchev–Trinajstić information content (AvgIpc) is 2.53. The van der Waals surface area contributed by atoms with Crippen molar-refractivity contribution in [3.8, 4) is 5.75 Å². The molecule has 0 saturated carbocycles. The number of ether oxygens (including phenoxy) is 1. The fourth-order valence-electron chi connectivity index (χ4n) is 2.90. The summed E-state index contributed by atoms with van der Waals surface area (Å²) >= 11 is 0. The minimum absolute atomic E-state index is 0.113. The molecule has 1 aromatic heterocycles. The largest absolute Gasteiger partial charge is 0.496 e. The summed E-state index contributed by atoms with van der Waals surface area (Å²) in [7, 11) is 1.60. The Morgan fingerprint density at radius 1 is 1.25 bits per heavy atom. The average molecular weight is 267 g/mol. The first kappa shape index (κ1) is 12.9. The molecular formula is C17H17NO2. The van der Waals surface area contributed by atoms with Gasteiger partial charge in [-0.05, 0) is 43.0 Å². The zero-order chi connectivity index (χ0) is 13.9. The van der Waals surface area contributed by atoms with Gasteiger partial charge in [0.15, 0.2) is 5.78 Å². The highest BCUT2D eigenvalue weighted by Crippen LogP contribution is 2.34. The van der Waals surface area contributed by atoms with E-state index in [2.05, 4.69) is 11.1 Å². The van der Waals surface area contributed by atoms with Crippen molar-refractivity contribution in [3.05, 3.63) is 59.4 Å². The van der Waals surface area contributed by atoms with Gasteiger partial charge >= 0.3 is 0 Å². The Hall–Kier alpha value is -2.16. The molecule has 0 saturated heterocycles. The van der Waals surface area contributed by atoms with Gasteiger partial charge in [-0.15, -0.1) is 0 Å². The Bertz CT molecular complexity index is 636. The van der Waals surface area contributed by atoms with Gasteiger partial charge in [-0.25, -0.2) is 0 Å². The summed E-state index contributed by atoms with van der Waals surface area (Å²) in [5, 5.41) is 0. The Labute approximate surface area is 118 Å². The van der Waals surface area contributed by atoms with Gasteiger partial charge in [0, 0.05) is 6.20 Å². The van der Waals surface area contributed by atoms with Crippen LogP contribution in [0, 0.1) is 0 Å². The number of carbonyl (C=O) groups is 1. The molecule has 0 spiro atoms. The van der Waals surface area contributed by atoms with Crippen LogP contribution >= 0.6 is 0 Å². The van der Waals surface area contributed by atoms with Crippen molar-refractivity contribution in [1.29, 1.82) is 0 Å². The first-order valence-electron chi connectivity index (χ1n) is 6.92. The van der Waals surface area contributed by atoms with Gasteiger partial charge in [-0.3, -0.25) is 9.78 Å². The molecule has 3 rings (SSSR count).